The van der Waals surface area contributed by atoms with E-state index >= 15 is 0 Å². The van der Waals surface area contributed by atoms with Gasteiger partial charge in [0.1, 0.15) is 5.82 Å². The van der Waals surface area contributed by atoms with Crippen molar-refractivity contribution in [3.05, 3.63) is 24.0 Å². The predicted molar refractivity (Wildman–Crippen MR) is 78.9 cm³/mol. The number of anilines is 2. The molecule has 1 amide bonds. The number of amides is 1. The Morgan fingerprint density at radius 2 is 2.05 bits per heavy atom. The minimum absolute atomic E-state index is 0.0440. The van der Waals surface area contributed by atoms with Crippen molar-refractivity contribution in [2.45, 2.75) is 26.7 Å². The molecule has 110 valence electrons. The zero-order valence-corrected chi connectivity index (χ0v) is 12.1. The molecule has 1 aliphatic heterocycles. The first-order valence-electron chi connectivity index (χ1n) is 6.93. The number of nitrogens with one attached hydrogen (secondary N) is 1. The summed E-state index contributed by atoms with van der Waals surface area (Å²) in [6, 6.07) is 4.21. The molecule has 5 heteroatoms. The molecule has 20 heavy (non-hydrogen) atoms. The molecule has 2 rings (SSSR count). The zero-order valence-electron chi connectivity index (χ0n) is 12.1. The molecule has 0 aromatic heterocycles. The van der Waals surface area contributed by atoms with Crippen molar-refractivity contribution in [1.29, 1.82) is 0 Å². The molecule has 0 unspecified atom stereocenters. The maximum atomic E-state index is 13.0. The fourth-order valence-corrected chi connectivity index (χ4v) is 2.34. The number of carbonyl (C=O) groups excluding carboxylic acids is 1. The summed E-state index contributed by atoms with van der Waals surface area (Å²) >= 11 is 0. The number of hydrogen-bond donors (Lipinski definition) is 2. The molecule has 1 heterocycles. The molecule has 1 aromatic rings. The smallest absolute Gasteiger partial charge is 0.238 e. The molecule has 0 atom stereocenters. The maximum Gasteiger partial charge on any atom is 0.238 e. The molecule has 0 saturated carbocycles. The van der Waals surface area contributed by atoms with E-state index in [1.165, 1.54) is 18.2 Å². The second-order valence-electron chi connectivity index (χ2n) is 6.22. The zero-order chi connectivity index (χ0) is 14.8. The van der Waals surface area contributed by atoms with Crippen molar-refractivity contribution < 1.29 is 9.18 Å². The molecule has 1 aliphatic rings. The van der Waals surface area contributed by atoms with Gasteiger partial charge in [0.2, 0.25) is 5.91 Å². The highest BCUT2D eigenvalue weighted by molar-refractivity contribution is 5.92. The summed E-state index contributed by atoms with van der Waals surface area (Å²) in [5, 5.41) is 2.75. The van der Waals surface area contributed by atoms with Gasteiger partial charge in [-0.25, -0.2) is 4.39 Å². The number of piperidine rings is 1. The normalized spacial score (nSPS) is 18.8. The average Bonchev–Trinajstić information content (AvgIpc) is 2.36. The number of carbonyl (C=O) groups is 1. The highest BCUT2D eigenvalue weighted by atomic mass is 19.1. The van der Waals surface area contributed by atoms with Crippen molar-refractivity contribution in [3.8, 4) is 0 Å². The average molecular weight is 279 g/mol. The fourth-order valence-electron chi connectivity index (χ4n) is 2.34. The summed E-state index contributed by atoms with van der Waals surface area (Å²) < 4.78 is 13.0. The lowest BCUT2D eigenvalue weighted by Crippen LogP contribution is -2.41. The number of nitrogens with zero attached hydrogens (tertiary/aromatic N) is 1. The van der Waals surface area contributed by atoms with Crippen LogP contribution in [0.2, 0.25) is 0 Å². The van der Waals surface area contributed by atoms with Gasteiger partial charge in [-0.2, -0.15) is 0 Å². The Labute approximate surface area is 119 Å². The lowest BCUT2D eigenvalue weighted by Gasteiger charge is -2.36. The minimum atomic E-state index is -0.471. The second kappa shape index (κ2) is 5.79. The van der Waals surface area contributed by atoms with Crippen LogP contribution in [0.25, 0.3) is 0 Å². The summed E-state index contributed by atoms with van der Waals surface area (Å²) in [4.78, 5) is 14.1. The lowest BCUT2D eigenvalue weighted by atomic mass is 9.83. The van der Waals surface area contributed by atoms with Crippen LogP contribution < -0.4 is 11.1 Å². The van der Waals surface area contributed by atoms with E-state index in [1.807, 2.05) is 0 Å². The van der Waals surface area contributed by atoms with E-state index in [4.69, 9.17) is 5.73 Å². The molecule has 1 aromatic carbocycles. The topological polar surface area (TPSA) is 58.4 Å². The molecule has 1 saturated heterocycles. The monoisotopic (exact) mass is 279 g/mol. The van der Waals surface area contributed by atoms with Crippen LogP contribution in [-0.2, 0) is 4.79 Å². The number of nitrogens with two attached hydrogens (primary N) is 1. The van der Waals surface area contributed by atoms with Gasteiger partial charge in [0, 0.05) is 5.69 Å². The lowest BCUT2D eigenvalue weighted by molar-refractivity contribution is -0.117. The number of likely N-dealkylation sites (tertiary alicyclic amines) is 1. The highest BCUT2D eigenvalue weighted by Gasteiger charge is 2.26. The number of rotatable bonds is 3. The number of benzene rings is 1. The molecular weight excluding hydrogens is 257 g/mol. The first-order valence-corrected chi connectivity index (χ1v) is 6.93. The third-order valence-corrected chi connectivity index (χ3v) is 3.86. The Kier molecular flexibility index (Phi) is 4.28. The first-order chi connectivity index (χ1) is 9.35. The van der Waals surface area contributed by atoms with Gasteiger partial charge >= 0.3 is 0 Å². The Balaban J connectivity index is 1.85. The van der Waals surface area contributed by atoms with Crippen LogP contribution in [0.5, 0.6) is 0 Å². The van der Waals surface area contributed by atoms with Crippen LogP contribution in [-0.4, -0.2) is 30.4 Å². The third kappa shape index (κ3) is 3.93. The standard InChI is InChI=1S/C15H22FN3O/c1-15(2)5-7-19(8-6-15)10-14(20)18-11-3-4-12(16)13(17)9-11/h3-4,9H,5-8,10,17H2,1-2H3,(H,18,20). The Morgan fingerprint density at radius 3 is 2.65 bits per heavy atom. The van der Waals surface area contributed by atoms with E-state index in [0.29, 0.717) is 17.6 Å². The second-order valence-corrected chi connectivity index (χ2v) is 6.22. The van der Waals surface area contributed by atoms with Crippen molar-refractivity contribution in [2.24, 2.45) is 5.41 Å². The summed E-state index contributed by atoms with van der Waals surface area (Å²) in [6.07, 6.45) is 2.20. The SMILES string of the molecule is CC1(C)CCN(CC(=O)Nc2ccc(F)c(N)c2)CC1. The predicted octanol–water partition coefficient (Wildman–Crippen LogP) is 2.47. The van der Waals surface area contributed by atoms with Crippen molar-refractivity contribution in [2.75, 3.05) is 30.7 Å². The van der Waals surface area contributed by atoms with E-state index < -0.39 is 5.82 Å². The maximum absolute atomic E-state index is 13.0. The molecule has 3 N–H and O–H groups in total. The third-order valence-electron chi connectivity index (χ3n) is 3.86. The number of hydrogen-bond acceptors (Lipinski definition) is 3. The van der Waals surface area contributed by atoms with Gasteiger partial charge in [-0.15, -0.1) is 0 Å². The minimum Gasteiger partial charge on any atom is -0.396 e. The molecular formula is C15H22FN3O. The number of halogens is 1. The molecule has 1 fully saturated rings. The summed E-state index contributed by atoms with van der Waals surface area (Å²) in [5.74, 6) is -0.558. The van der Waals surface area contributed by atoms with Crippen LogP contribution in [0.1, 0.15) is 26.7 Å². The van der Waals surface area contributed by atoms with Crippen LogP contribution in [0.3, 0.4) is 0 Å². The van der Waals surface area contributed by atoms with Crippen LogP contribution in [0.4, 0.5) is 15.8 Å². The van der Waals surface area contributed by atoms with Gasteiger partial charge in [-0.1, -0.05) is 13.8 Å². The molecule has 4 nitrogen and oxygen atoms in total. The van der Waals surface area contributed by atoms with Gasteiger partial charge in [0.05, 0.1) is 12.2 Å². The largest absolute Gasteiger partial charge is 0.396 e. The van der Waals surface area contributed by atoms with E-state index in [9.17, 15) is 9.18 Å². The van der Waals surface area contributed by atoms with Crippen molar-refractivity contribution >= 4 is 17.3 Å². The first kappa shape index (κ1) is 14.8. The van der Waals surface area contributed by atoms with Gasteiger partial charge in [0.15, 0.2) is 0 Å². The van der Waals surface area contributed by atoms with E-state index in [-0.39, 0.29) is 11.6 Å². The van der Waals surface area contributed by atoms with Crippen LogP contribution >= 0.6 is 0 Å². The van der Waals surface area contributed by atoms with E-state index in [1.54, 1.807) is 0 Å². The van der Waals surface area contributed by atoms with Gasteiger partial charge in [-0.3, -0.25) is 9.69 Å². The van der Waals surface area contributed by atoms with Crippen molar-refractivity contribution in [3.63, 3.8) is 0 Å². The summed E-state index contributed by atoms with van der Waals surface area (Å²) in [6.45, 7) is 6.75. The van der Waals surface area contributed by atoms with Gasteiger partial charge in [0.25, 0.3) is 0 Å². The molecule has 0 spiro atoms. The van der Waals surface area contributed by atoms with Crippen LogP contribution in [0, 0.1) is 11.2 Å². The highest BCUT2D eigenvalue weighted by Crippen LogP contribution is 2.29. The van der Waals surface area contributed by atoms with E-state index in [2.05, 4.69) is 24.1 Å². The van der Waals surface area contributed by atoms with Crippen LogP contribution in [0.15, 0.2) is 18.2 Å². The van der Waals surface area contributed by atoms with Gasteiger partial charge in [-0.05, 0) is 49.5 Å². The van der Waals surface area contributed by atoms with E-state index in [0.717, 1.165) is 25.9 Å². The Bertz CT molecular complexity index is 492. The summed E-state index contributed by atoms with van der Waals surface area (Å²) in [5.41, 5.74) is 6.42. The quantitative estimate of drug-likeness (QED) is 0.836. The Morgan fingerprint density at radius 1 is 1.40 bits per heavy atom. The fraction of sp³-hybridized carbons (Fsp3) is 0.533. The van der Waals surface area contributed by atoms with Crippen molar-refractivity contribution in [1.82, 2.24) is 4.90 Å². The molecule has 0 aliphatic carbocycles. The Hall–Kier alpha value is -1.62. The van der Waals surface area contributed by atoms with Gasteiger partial charge < -0.3 is 11.1 Å². The summed E-state index contributed by atoms with van der Waals surface area (Å²) in [7, 11) is 0. The number of nitrogen functional groups attached to an aromatic ring is 1. The molecule has 0 radical (unpaired) electrons. The molecule has 0 bridgehead atoms.